The van der Waals surface area contributed by atoms with Crippen LogP contribution in [0.3, 0.4) is 0 Å². The highest BCUT2D eigenvalue weighted by Crippen LogP contribution is 2.20. The number of ether oxygens (including phenoxy) is 1. The number of nitrogens with zero attached hydrogens (tertiary/aromatic N) is 3. The van der Waals surface area contributed by atoms with Crippen molar-refractivity contribution in [2.75, 3.05) is 52.3 Å². The van der Waals surface area contributed by atoms with Crippen molar-refractivity contribution in [2.24, 2.45) is 5.92 Å². The van der Waals surface area contributed by atoms with Gasteiger partial charge in [-0.3, -0.25) is 0 Å². The molecule has 2 heterocycles. The largest absolute Gasteiger partial charge is 0.383 e. The molecule has 3 rings (SSSR count). The number of aromatic amines is 1. The summed E-state index contributed by atoms with van der Waals surface area (Å²) in [5.41, 5.74) is 2.63. The van der Waals surface area contributed by atoms with E-state index >= 15 is 0 Å². The molecule has 0 spiro atoms. The van der Waals surface area contributed by atoms with Gasteiger partial charge in [0.1, 0.15) is 5.82 Å². The van der Waals surface area contributed by atoms with Gasteiger partial charge in [0.05, 0.1) is 17.6 Å². The summed E-state index contributed by atoms with van der Waals surface area (Å²) in [6.07, 6.45) is 2.25. The number of piperidine rings is 1. The van der Waals surface area contributed by atoms with Crippen molar-refractivity contribution in [3.05, 3.63) is 24.0 Å². The van der Waals surface area contributed by atoms with E-state index in [1.54, 1.807) is 12.0 Å². The smallest absolute Gasteiger partial charge is 0.321 e. The number of hydrogen-bond donors (Lipinski definition) is 2. The Morgan fingerprint density at radius 2 is 2.19 bits per heavy atom. The van der Waals surface area contributed by atoms with Gasteiger partial charge in [0, 0.05) is 32.9 Å². The summed E-state index contributed by atoms with van der Waals surface area (Å²) in [5, 5.41) is 2.98. The van der Waals surface area contributed by atoms with Gasteiger partial charge in [-0.15, -0.1) is 0 Å². The first-order valence-corrected chi connectivity index (χ1v) is 9.25. The van der Waals surface area contributed by atoms with Crippen molar-refractivity contribution in [1.82, 2.24) is 19.8 Å². The van der Waals surface area contributed by atoms with Crippen molar-refractivity contribution < 1.29 is 9.53 Å². The summed E-state index contributed by atoms with van der Waals surface area (Å²) in [6, 6.07) is 5.67. The number of methoxy groups -OCH3 is 1. The normalized spacial score (nSPS) is 16.1. The minimum atomic E-state index is -0.0672. The van der Waals surface area contributed by atoms with E-state index in [-0.39, 0.29) is 6.03 Å². The van der Waals surface area contributed by atoms with Crippen LogP contribution in [0.1, 0.15) is 18.7 Å². The number of hydrogen-bond acceptors (Lipinski definition) is 4. The van der Waals surface area contributed by atoms with E-state index in [1.807, 2.05) is 32.2 Å². The third-order valence-electron chi connectivity index (χ3n) is 5.05. The monoisotopic (exact) mass is 359 g/mol. The Bertz CT molecular complexity index is 737. The fraction of sp³-hybridized carbons (Fsp3) is 0.579. The first-order chi connectivity index (χ1) is 12.5. The van der Waals surface area contributed by atoms with Crippen molar-refractivity contribution in [3.63, 3.8) is 0 Å². The molecule has 7 heteroatoms. The Morgan fingerprint density at radius 1 is 1.42 bits per heavy atom. The van der Waals surface area contributed by atoms with Gasteiger partial charge in [-0.1, -0.05) is 0 Å². The number of H-pyrrole nitrogens is 1. The quantitative estimate of drug-likeness (QED) is 0.832. The van der Waals surface area contributed by atoms with Crippen molar-refractivity contribution in [2.45, 2.75) is 19.8 Å². The van der Waals surface area contributed by atoms with Crippen LogP contribution in [-0.4, -0.2) is 72.7 Å². The highest BCUT2D eigenvalue weighted by Gasteiger charge is 2.22. The van der Waals surface area contributed by atoms with Crippen LogP contribution in [0.2, 0.25) is 0 Å². The van der Waals surface area contributed by atoms with Gasteiger partial charge < -0.3 is 24.8 Å². The molecule has 1 aliphatic rings. The lowest BCUT2D eigenvalue weighted by molar-refractivity contribution is 0.113. The maximum atomic E-state index is 12.5. The Hall–Kier alpha value is -2.12. The van der Waals surface area contributed by atoms with E-state index in [1.165, 1.54) is 0 Å². The van der Waals surface area contributed by atoms with Crippen LogP contribution in [-0.2, 0) is 4.74 Å². The average Bonchev–Trinajstić information content (AvgIpc) is 3.00. The summed E-state index contributed by atoms with van der Waals surface area (Å²) in [7, 11) is 3.61. The van der Waals surface area contributed by atoms with E-state index in [0.717, 1.165) is 68.2 Å². The molecule has 0 unspecified atom stereocenters. The number of amides is 2. The molecule has 1 aromatic carbocycles. The number of aromatic nitrogens is 2. The average molecular weight is 359 g/mol. The second kappa shape index (κ2) is 8.51. The molecule has 0 atom stereocenters. The van der Waals surface area contributed by atoms with E-state index in [0.29, 0.717) is 5.92 Å². The van der Waals surface area contributed by atoms with Gasteiger partial charge in [-0.05, 0) is 57.0 Å². The van der Waals surface area contributed by atoms with E-state index < -0.39 is 0 Å². The van der Waals surface area contributed by atoms with Crippen LogP contribution in [0.15, 0.2) is 18.2 Å². The van der Waals surface area contributed by atoms with Crippen LogP contribution >= 0.6 is 0 Å². The fourth-order valence-corrected chi connectivity index (χ4v) is 3.52. The number of carbonyl (C=O) groups excluding carboxylic acids is 1. The van der Waals surface area contributed by atoms with E-state index in [4.69, 9.17) is 4.74 Å². The predicted octanol–water partition coefficient (Wildman–Crippen LogP) is 2.69. The first-order valence-electron chi connectivity index (χ1n) is 9.25. The van der Waals surface area contributed by atoms with Gasteiger partial charge in [0.2, 0.25) is 0 Å². The highest BCUT2D eigenvalue weighted by atomic mass is 16.5. The van der Waals surface area contributed by atoms with Gasteiger partial charge in [-0.2, -0.15) is 0 Å². The Kier molecular flexibility index (Phi) is 6.11. The number of urea groups is 1. The number of benzene rings is 1. The molecule has 2 aromatic rings. The molecule has 1 aromatic heterocycles. The van der Waals surface area contributed by atoms with Crippen molar-refractivity contribution in [1.29, 1.82) is 0 Å². The third kappa shape index (κ3) is 4.74. The van der Waals surface area contributed by atoms with Crippen LogP contribution in [0.4, 0.5) is 10.5 Å². The summed E-state index contributed by atoms with van der Waals surface area (Å²) in [6.45, 7) is 6.66. The number of likely N-dealkylation sites (tertiary alicyclic amines) is 1. The molecule has 1 aliphatic heterocycles. The van der Waals surface area contributed by atoms with Gasteiger partial charge >= 0.3 is 6.03 Å². The Labute approximate surface area is 154 Å². The lowest BCUT2D eigenvalue weighted by Gasteiger charge is -2.33. The predicted molar refractivity (Wildman–Crippen MR) is 104 cm³/mol. The molecule has 2 N–H and O–H groups in total. The maximum absolute atomic E-state index is 12.5. The topological polar surface area (TPSA) is 73.5 Å². The maximum Gasteiger partial charge on any atom is 0.321 e. The fourth-order valence-electron chi connectivity index (χ4n) is 3.52. The molecule has 1 saturated heterocycles. The lowest BCUT2D eigenvalue weighted by Crippen LogP contribution is -2.41. The molecule has 0 saturated carbocycles. The summed E-state index contributed by atoms with van der Waals surface area (Å²) in [4.78, 5) is 24.3. The number of aryl methyl sites for hydroxylation is 1. The Morgan fingerprint density at radius 3 is 2.92 bits per heavy atom. The number of anilines is 1. The summed E-state index contributed by atoms with van der Waals surface area (Å²) >= 11 is 0. The number of fused-ring (bicyclic) bond motifs is 1. The molecule has 0 radical (unpaired) electrons. The minimum Gasteiger partial charge on any atom is -0.383 e. The SMILES string of the molecule is COCCN1CCC(CN(C)C(=O)Nc2ccc3nc(C)[nH]c3c2)CC1. The van der Waals surface area contributed by atoms with Crippen LogP contribution < -0.4 is 5.32 Å². The molecule has 26 heavy (non-hydrogen) atoms. The molecule has 2 amide bonds. The zero-order valence-electron chi connectivity index (χ0n) is 15.9. The number of rotatable bonds is 6. The number of carbonyl (C=O) groups is 1. The third-order valence-corrected chi connectivity index (χ3v) is 5.05. The standard InChI is InChI=1S/C19H29N5O2/c1-14-20-17-5-4-16(12-18(17)21-14)22-19(25)23(2)13-15-6-8-24(9-7-15)10-11-26-3/h4-5,12,15H,6-11,13H2,1-3H3,(H,20,21)(H,22,25). The molecule has 7 nitrogen and oxygen atoms in total. The number of nitrogens with one attached hydrogen (secondary N) is 2. The van der Waals surface area contributed by atoms with Gasteiger partial charge in [0.25, 0.3) is 0 Å². The lowest BCUT2D eigenvalue weighted by atomic mass is 9.96. The summed E-state index contributed by atoms with van der Waals surface area (Å²) in [5.74, 6) is 1.43. The van der Waals surface area contributed by atoms with Gasteiger partial charge in [0.15, 0.2) is 0 Å². The summed E-state index contributed by atoms with van der Waals surface area (Å²) < 4.78 is 5.14. The van der Waals surface area contributed by atoms with Crippen molar-refractivity contribution in [3.8, 4) is 0 Å². The van der Waals surface area contributed by atoms with Crippen molar-refractivity contribution >= 4 is 22.8 Å². The zero-order chi connectivity index (χ0) is 18.5. The van der Waals surface area contributed by atoms with E-state index in [9.17, 15) is 4.79 Å². The zero-order valence-corrected chi connectivity index (χ0v) is 15.9. The molecular formula is C19H29N5O2. The first kappa shape index (κ1) is 18.7. The van der Waals surface area contributed by atoms with Crippen LogP contribution in [0.5, 0.6) is 0 Å². The molecule has 0 aliphatic carbocycles. The Balaban J connectivity index is 1.48. The minimum absolute atomic E-state index is 0.0672. The second-order valence-corrected chi connectivity index (χ2v) is 7.14. The molecular weight excluding hydrogens is 330 g/mol. The highest BCUT2D eigenvalue weighted by molar-refractivity contribution is 5.91. The molecule has 0 bridgehead atoms. The van der Waals surface area contributed by atoms with Crippen LogP contribution in [0, 0.1) is 12.8 Å². The van der Waals surface area contributed by atoms with E-state index in [2.05, 4.69) is 20.2 Å². The second-order valence-electron chi connectivity index (χ2n) is 7.14. The molecule has 142 valence electrons. The van der Waals surface area contributed by atoms with Gasteiger partial charge in [-0.25, -0.2) is 9.78 Å². The number of imidazole rings is 1. The molecule has 1 fully saturated rings. The van der Waals surface area contributed by atoms with Crippen LogP contribution in [0.25, 0.3) is 11.0 Å².